The quantitative estimate of drug-likeness (QED) is 0.872. The lowest BCUT2D eigenvalue weighted by atomic mass is 10.1. The van der Waals surface area contributed by atoms with E-state index in [2.05, 4.69) is 5.32 Å². The number of phenolic OH excluding ortho intramolecular Hbond substituents is 1. The molecule has 0 aliphatic carbocycles. The SMILES string of the molecule is CS(=O)(=O)N1CCC(NCc2ccc(O)c(F)c2)CC1. The number of phenols is 1. The van der Waals surface area contributed by atoms with Gasteiger partial charge in [-0.25, -0.2) is 17.1 Å². The molecule has 1 aliphatic heterocycles. The molecule has 2 N–H and O–H groups in total. The third kappa shape index (κ3) is 3.91. The first kappa shape index (κ1) is 15.2. The molecule has 0 atom stereocenters. The van der Waals surface area contributed by atoms with Crippen molar-refractivity contribution in [3.8, 4) is 5.75 Å². The average Bonchev–Trinajstić information content (AvgIpc) is 2.40. The van der Waals surface area contributed by atoms with Gasteiger partial charge in [0, 0.05) is 25.7 Å². The highest BCUT2D eigenvalue weighted by atomic mass is 32.2. The predicted octanol–water partition coefficient (Wildman–Crippen LogP) is 1.04. The highest BCUT2D eigenvalue weighted by molar-refractivity contribution is 7.88. The number of halogens is 1. The Morgan fingerprint density at radius 1 is 1.40 bits per heavy atom. The number of hydrogen-bond donors (Lipinski definition) is 2. The summed E-state index contributed by atoms with van der Waals surface area (Å²) in [7, 11) is -3.10. The third-order valence-electron chi connectivity index (χ3n) is 3.53. The summed E-state index contributed by atoms with van der Waals surface area (Å²) in [4.78, 5) is 0. The van der Waals surface area contributed by atoms with Crippen LogP contribution in [0.4, 0.5) is 4.39 Å². The molecule has 1 saturated heterocycles. The van der Waals surface area contributed by atoms with E-state index in [0.29, 0.717) is 19.6 Å². The van der Waals surface area contributed by atoms with Gasteiger partial charge in [-0.1, -0.05) is 6.07 Å². The summed E-state index contributed by atoms with van der Waals surface area (Å²) in [6, 6.07) is 4.52. The fraction of sp³-hybridized carbons (Fsp3) is 0.538. The molecular weight excluding hydrogens is 283 g/mol. The zero-order valence-corrected chi connectivity index (χ0v) is 12.2. The molecule has 1 aromatic rings. The number of benzene rings is 1. The van der Waals surface area contributed by atoms with Gasteiger partial charge >= 0.3 is 0 Å². The lowest BCUT2D eigenvalue weighted by molar-refractivity contribution is 0.290. The normalized spacial score (nSPS) is 18.3. The zero-order valence-electron chi connectivity index (χ0n) is 11.3. The number of nitrogens with zero attached hydrogens (tertiary/aromatic N) is 1. The fourth-order valence-corrected chi connectivity index (χ4v) is 3.19. The molecular formula is C13H19FN2O3S. The van der Waals surface area contributed by atoms with E-state index in [1.807, 2.05) is 0 Å². The minimum Gasteiger partial charge on any atom is -0.505 e. The van der Waals surface area contributed by atoms with Crippen molar-refractivity contribution in [3.63, 3.8) is 0 Å². The number of hydrogen-bond acceptors (Lipinski definition) is 4. The molecule has 1 aromatic carbocycles. The van der Waals surface area contributed by atoms with Crippen molar-refractivity contribution < 1.29 is 17.9 Å². The maximum Gasteiger partial charge on any atom is 0.211 e. The molecule has 0 amide bonds. The molecule has 0 radical (unpaired) electrons. The Morgan fingerprint density at radius 3 is 2.60 bits per heavy atom. The Hall–Kier alpha value is -1.18. The van der Waals surface area contributed by atoms with Crippen molar-refractivity contribution >= 4 is 10.0 Å². The van der Waals surface area contributed by atoms with Crippen LogP contribution >= 0.6 is 0 Å². The van der Waals surface area contributed by atoms with Gasteiger partial charge in [0.1, 0.15) is 0 Å². The van der Waals surface area contributed by atoms with E-state index in [1.54, 1.807) is 6.07 Å². The highest BCUT2D eigenvalue weighted by Gasteiger charge is 2.24. The minimum absolute atomic E-state index is 0.227. The van der Waals surface area contributed by atoms with E-state index in [-0.39, 0.29) is 11.8 Å². The van der Waals surface area contributed by atoms with Crippen molar-refractivity contribution in [1.82, 2.24) is 9.62 Å². The van der Waals surface area contributed by atoms with Crippen LogP contribution in [0.15, 0.2) is 18.2 Å². The van der Waals surface area contributed by atoms with Crippen LogP contribution in [0.5, 0.6) is 5.75 Å². The smallest absolute Gasteiger partial charge is 0.211 e. The number of piperidine rings is 1. The third-order valence-corrected chi connectivity index (χ3v) is 4.83. The molecule has 2 rings (SSSR count). The van der Waals surface area contributed by atoms with Gasteiger partial charge in [0.25, 0.3) is 0 Å². The van der Waals surface area contributed by atoms with Gasteiger partial charge < -0.3 is 10.4 Å². The summed E-state index contributed by atoms with van der Waals surface area (Å²) < 4.78 is 37.4. The van der Waals surface area contributed by atoms with Crippen molar-refractivity contribution in [2.24, 2.45) is 0 Å². The number of rotatable bonds is 4. The Bertz CT molecular complexity index is 569. The molecule has 7 heteroatoms. The highest BCUT2D eigenvalue weighted by Crippen LogP contribution is 2.17. The second kappa shape index (κ2) is 6.07. The van der Waals surface area contributed by atoms with E-state index < -0.39 is 15.8 Å². The molecule has 1 aliphatic rings. The lowest BCUT2D eigenvalue weighted by Gasteiger charge is -2.30. The van der Waals surface area contributed by atoms with Crippen molar-refractivity contribution in [2.45, 2.75) is 25.4 Å². The Morgan fingerprint density at radius 2 is 2.05 bits per heavy atom. The Balaban J connectivity index is 1.83. The lowest BCUT2D eigenvalue weighted by Crippen LogP contribution is -2.44. The molecule has 20 heavy (non-hydrogen) atoms. The average molecular weight is 302 g/mol. The van der Waals surface area contributed by atoms with Gasteiger partial charge in [-0.3, -0.25) is 0 Å². The van der Waals surface area contributed by atoms with Crippen molar-refractivity contribution in [2.75, 3.05) is 19.3 Å². The molecule has 1 heterocycles. The summed E-state index contributed by atoms with van der Waals surface area (Å²) >= 11 is 0. The molecule has 0 bridgehead atoms. The molecule has 0 spiro atoms. The van der Waals surface area contributed by atoms with Crippen LogP contribution in [0.1, 0.15) is 18.4 Å². The number of sulfonamides is 1. The fourth-order valence-electron chi connectivity index (χ4n) is 2.31. The molecule has 0 aromatic heterocycles. The first-order chi connectivity index (χ1) is 9.36. The van der Waals surface area contributed by atoms with E-state index in [0.717, 1.165) is 18.4 Å². The number of aromatic hydroxyl groups is 1. The van der Waals surface area contributed by atoms with Gasteiger partial charge in [-0.2, -0.15) is 0 Å². The number of nitrogens with one attached hydrogen (secondary N) is 1. The van der Waals surface area contributed by atoms with Crippen LogP contribution in [0.25, 0.3) is 0 Å². The van der Waals surface area contributed by atoms with Crippen LogP contribution in [0.3, 0.4) is 0 Å². The first-order valence-corrected chi connectivity index (χ1v) is 8.37. The Kier molecular flexibility index (Phi) is 4.62. The predicted molar refractivity (Wildman–Crippen MR) is 74.3 cm³/mol. The summed E-state index contributed by atoms with van der Waals surface area (Å²) in [5, 5.41) is 12.4. The van der Waals surface area contributed by atoms with Gasteiger partial charge in [0.15, 0.2) is 11.6 Å². The maximum absolute atomic E-state index is 13.2. The van der Waals surface area contributed by atoms with Gasteiger partial charge in [0.05, 0.1) is 6.26 Å². The van der Waals surface area contributed by atoms with Crippen molar-refractivity contribution in [1.29, 1.82) is 0 Å². The first-order valence-electron chi connectivity index (χ1n) is 6.52. The summed E-state index contributed by atoms with van der Waals surface area (Å²) in [5.41, 5.74) is 0.755. The van der Waals surface area contributed by atoms with E-state index >= 15 is 0 Å². The van der Waals surface area contributed by atoms with Crippen molar-refractivity contribution in [3.05, 3.63) is 29.6 Å². The Labute approximate surface area is 118 Å². The monoisotopic (exact) mass is 302 g/mol. The standard InChI is InChI=1S/C13H19FN2O3S/c1-20(18,19)16-6-4-11(5-7-16)15-9-10-2-3-13(17)12(14)8-10/h2-3,8,11,15,17H,4-7,9H2,1H3. The zero-order chi connectivity index (χ0) is 14.8. The molecule has 5 nitrogen and oxygen atoms in total. The summed E-state index contributed by atoms with van der Waals surface area (Å²) in [6.45, 7) is 1.53. The van der Waals surface area contributed by atoms with Gasteiger partial charge in [-0.05, 0) is 30.5 Å². The summed E-state index contributed by atoms with van der Waals surface area (Å²) in [5.74, 6) is -0.980. The molecule has 0 saturated carbocycles. The van der Waals surface area contributed by atoms with Gasteiger partial charge in [0.2, 0.25) is 10.0 Å². The van der Waals surface area contributed by atoms with E-state index in [4.69, 9.17) is 5.11 Å². The van der Waals surface area contributed by atoms with Crippen LogP contribution in [-0.4, -0.2) is 43.2 Å². The second-order valence-corrected chi connectivity index (χ2v) is 7.09. The maximum atomic E-state index is 13.2. The molecule has 112 valence electrons. The second-order valence-electron chi connectivity index (χ2n) is 5.10. The van der Waals surface area contributed by atoms with Crippen LogP contribution in [-0.2, 0) is 16.6 Å². The molecule has 1 fully saturated rings. The molecule has 0 unspecified atom stereocenters. The van der Waals surface area contributed by atoms with E-state index in [9.17, 15) is 12.8 Å². The van der Waals surface area contributed by atoms with E-state index in [1.165, 1.54) is 22.7 Å². The van der Waals surface area contributed by atoms with Crippen LogP contribution < -0.4 is 5.32 Å². The van der Waals surface area contributed by atoms with Crippen LogP contribution in [0, 0.1) is 5.82 Å². The topological polar surface area (TPSA) is 69.6 Å². The largest absolute Gasteiger partial charge is 0.505 e. The van der Waals surface area contributed by atoms with Gasteiger partial charge in [-0.15, -0.1) is 0 Å². The summed E-state index contributed by atoms with van der Waals surface area (Å²) in [6.07, 6.45) is 2.71. The minimum atomic E-state index is -3.10. The van der Waals surface area contributed by atoms with Crippen LogP contribution in [0.2, 0.25) is 0 Å².